The monoisotopic (exact) mass is 334 g/mol. The fraction of sp³-hybridized carbons (Fsp3) is 0.235. The quantitative estimate of drug-likeness (QED) is 0.717. The van der Waals surface area contributed by atoms with E-state index >= 15 is 0 Å². The molecule has 1 nitrogen and oxygen atoms in total. The van der Waals surface area contributed by atoms with Gasteiger partial charge in [-0.25, -0.2) is 4.39 Å². The maximum Gasteiger partial charge on any atom is 0.194 e. The molecule has 0 heterocycles. The third-order valence-corrected chi connectivity index (χ3v) is 3.66. The molecule has 0 aromatic heterocycles. The summed E-state index contributed by atoms with van der Waals surface area (Å²) in [6.45, 7) is 4.29. The summed E-state index contributed by atoms with van der Waals surface area (Å²) in [5, 5.41) is 0. The van der Waals surface area contributed by atoms with E-state index in [2.05, 4.69) is 29.8 Å². The van der Waals surface area contributed by atoms with Crippen LogP contribution in [-0.2, 0) is 6.42 Å². The van der Waals surface area contributed by atoms with Crippen molar-refractivity contribution in [2.45, 2.75) is 20.3 Å². The topological polar surface area (TPSA) is 17.1 Å². The summed E-state index contributed by atoms with van der Waals surface area (Å²) in [6.07, 6.45) is 0.936. The zero-order valence-corrected chi connectivity index (χ0v) is 13.1. The van der Waals surface area contributed by atoms with Crippen molar-refractivity contribution in [2.24, 2.45) is 5.92 Å². The maximum absolute atomic E-state index is 13.1. The first-order valence-corrected chi connectivity index (χ1v) is 7.35. The fourth-order valence-electron chi connectivity index (χ4n) is 2.14. The van der Waals surface area contributed by atoms with Crippen molar-refractivity contribution < 1.29 is 9.18 Å². The lowest BCUT2D eigenvalue weighted by atomic mass is 9.97. The Kier molecular flexibility index (Phi) is 4.71. The zero-order valence-electron chi connectivity index (χ0n) is 11.5. The molecule has 0 radical (unpaired) electrons. The molecule has 0 aliphatic carbocycles. The van der Waals surface area contributed by atoms with Crippen LogP contribution in [0.3, 0.4) is 0 Å². The Balaban J connectivity index is 2.33. The molecule has 20 heavy (non-hydrogen) atoms. The van der Waals surface area contributed by atoms with Crippen LogP contribution in [0.5, 0.6) is 0 Å². The van der Waals surface area contributed by atoms with E-state index in [0.717, 1.165) is 12.0 Å². The van der Waals surface area contributed by atoms with Gasteiger partial charge in [-0.05, 0) is 58.1 Å². The Labute approximate surface area is 127 Å². The molecule has 0 fully saturated rings. The molecule has 0 bridgehead atoms. The van der Waals surface area contributed by atoms with Crippen LogP contribution in [0.25, 0.3) is 0 Å². The predicted octanol–water partition coefficient (Wildman–Crippen LogP) is 5.02. The van der Waals surface area contributed by atoms with Crippen molar-refractivity contribution >= 4 is 21.7 Å². The van der Waals surface area contributed by atoms with Gasteiger partial charge in [-0.2, -0.15) is 0 Å². The summed E-state index contributed by atoms with van der Waals surface area (Å²) in [5.74, 6) is 0.0855. The summed E-state index contributed by atoms with van der Waals surface area (Å²) in [7, 11) is 0. The van der Waals surface area contributed by atoms with Crippen LogP contribution < -0.4 is 0 Å². The normalized spacial score (nSPS) is 10.8. The molecule has 2 aromatic carbocycles. The van der Waals surface area contributed by atoms with E-state index in [1.807, 2.05) is 18.2 Å². The summed E-state index contributed by atoms with van der Waals surface area (Å²) in [6, 6.07) is 11.7. The van der Waals surface area contributed by atoms with E-state index in [4.69, 9.17) is 0 Å². The standard InChI is InChI=1S/C17H16BrFO/c1-11(2)8-12-4-3-5-13(9-12)17(20)15-7-6-14(19)10-16(15)18/h3-7,9-11H,8H2,1-2H3. The predicted molar refractivity (Wildman–Crippen MR) is 82.5 cm³/mol. The Bertz CT molecular complexity index is 635. The van der Waals surface area contributed by atoms with E-state index in [9.17, 15) is 9.18 Å². The molecule has 0 unspecified atom stereocenters. The van der Waals surface area contributed by atoms with E-state index < -0.39 is 0 Å². The van der Waals surface area contributed by atoms with Crippen molar-refractivity contribution in [3.05, 3.63) is 69.4 Å². The van der Waals surface area contributed by atoms with Crippen molar-refractivity contribution in [2.75, 3.05) is 0 Å². The van der Waals surface area contributed by atoms with Gasteiger partial charge in [0.2, 0.25) is 0 Å². The number of hydrogen-bond donors (Lipinski definition) is 0. The summed E-state index contributed by atoms with van der Waals surface area (Å²) >= 11 is 3.24. The molecule has 0 spiro atoms. The average molecular weight is 335 g/mol. The number of ketones is 1. The molecule has 0 aliphatic rings. The number of hydrogen-bond acceptors (Lipinski definition) is 1. The number of carbonyl (C=O) groups is 1. The first-order chi connectivity index (χ1) is 9.47. The molecule has 104 valence electrons. The SMILES string of the molecule is CC(C)Cc1cccc(C(=O)c2ccc(F)cc2Br)c1. The Morgan fingerprint density at radius 3 is 2.60 bits per heavy atom. The summed E-state index contributed by atoms with van der Waals surface area (Å²) in [5.41, 5.74) is 2.26. The molecule has 0 amide bonds. The summed E-state index contributed by atoms with van der Waals surface area (Å²) < 4.78 is 13.6. The molecule has 0 saturated heterocycles. The first-order valence-electron chi connectivity index (χ1n) is 6.56. The van der Waals surface area contributed by atoms with Gasteiger partial charge < -0.3 is 0 Å². The van der Waals surface area contributed by atoms with E-state index in [1.54, 1.807) is 6.07 Å². The van der Waals surface area contributed by atoms with Crippen LogP contribution >= 0.6 is 15.9 Å². The number of benzene rings is 2. The zero-order chi connectivity index (χ0) is 14.7. The second-order valence-electron chi connectivity index (χ2n) is 5.25. The minimum atomic E-state index is -0.359. The van der Waals surface area contributed by atoms with Gasteiger partial charge in [0.05, 0.1) is 0 Å². The fourth-order valence-corrected chi connectivity index (χ4v) is 2.67. The Morgan fingerprint density at radius 1 is 1.20 bits per heavy atom. The van der Waals surface area contributed by atoms with Gasteiger partial charge in [0.1, 0.15) is 5.82 Å². The number of halogens is 2. The minimum Gasteiger partial charge on any atom is -0.289 e. The Morgan fingerprint density at radius 2 is 1.95 bits per heavy atom. The van der Waals surface area contributed by atoms with E-state index in [0.29, 0.717) is 21.5 Å². The molecule has 3 heteroatoms. The van der Waals surface area contributed by atoms with Gasteiger partial charge in [0, 0.05) is 15.6 Å². The minimum absolute atomic E-state index is 0.0949. The lowest BCUT2D eigenvalue weighted by molar-refractivity contribution is 0.103. The Hall–Kier alpha value is -1.48. The maximum atomic E-state index is 13.1. The van der Waals surface area contributed by atoms with Crippen molar-refractivity contribution in [1.29, 1.82) is 0 Å². The van der Waals surface area contributed by atoms with Crippen molar-refractivity contribution in [3.8, 4) is 0 Å². The molecule has 2 aromatic rings. The summed E-state index contributed by atoms with van der Waals surface area (Å²) in [4.78, 5) is 12.5. The highest BCUT2D eigenvalue weighted by atomic mass is 79.9. The molecule has 0 aliphatic heterocycles. The van der Waals surface area contributed by atoms with Crippen LogP contribution in [0.2, 0.25) is 0 Å². The molecular formula is C17H16BrFO. The third-order valence-electron chi connectivity index (χ3n) is 3.01. The molecule has 0 saturated carbocycles. The lowest BCUT2D eigenvalue weighted by Crippen LogP contribution is -2.04. The highest BCUT2D eigenvalue weighted by molar-refractivity contribution is 9.10. The molecule has 2 rings (SSSR count). The average Bonchev–Trinajstić information content (AvgIpc) is 2.37. The molecule has 0 N–H and O–H groups in total. The highest BCUT2D eigenvalue weighted by Gasteiger charge is 2.13. The second-order valence-corrected chi connectivity index (χ2v) is 6.11. The first kappa shape index (κ1) is 14.9. The third kappa shape index (κ3) is 3.54. The second kappa shape index (κ2) is 6.31. The van der Waals surface area contributed by atoms with Crippen molar-refractivity contribution in [3.63, 3.8) is 0 Å². The van der Waals surface area contributed by atoms with Gasteiger partial charge in [-0.15, -0.1) is 0 Å². The van der Waals surface area contributed by atoms with Crippen LogP contribution in [0, 0.1) is 11.7 Å². The van der Waals surface area contributed by atoms with E-state index in [-0.39, 0.29) is 11.6 Å². The smallest absolute Gasteiger partial charge is 0.194 e. The molecular weight excluding hydrogens is 319 g/mol. The largest absolute Gasteiger partial charge is 0.289 e. The van der Waals surface area contributed by atoms with Crippen LogP contribution in [-0.4, -0.2) is 5.78 Å². The number of carbonyl (C=O) groups excluding carboxylic acids is 1. The van der Waals surface area contributed by atoms with Gasteiger partial charge in [-0.3, -0.25) is 4.79 Å². The molecule has 0 atom stereocenters. The van der Waals surface area contributed by atoms with Gasteiger partial charge in [0.15, 0.2) is 5.78 Å². The van der Waals surface area contributed by atoms with Crippen LogP contribution in [0.1, 0.15) is 35.3 Å². The number of rotatable bonds is 4. The van der Waals surface area contributed by atoms with Gasteiger partial charge >= 0.3 is 0 Å². The van der Waals surface area contributed by atoms with Crippen molar-refractivity contribution in [1.82, 2.24) is 0 Å². The highest BCUT2D eigenvalue weighted by Crippen LogP contribution is 2.22. The van der Waals surface area contributed by atoms with Gasteiger partial charge in [0.25, 0.3) is 0 Å². The van der Waals surface area contributed by atoms with E-state index in [1.165, 1.54) is 18.2 Å². The van der Waals surface area contributed by atoms with Gasteiger partial charge in [-0.1, -0.05) is 32.0 Å². The van der Waals surface area contributed by atoms with Crippen LogP contribution in [0.4, 0.5) is 4.39 Å². The lowest BCUT2D eigenvalue weighted by Gasteiger charge is -2.08. The van der Waals surface area contributed by atoms with Crippen LogP contribution in [0.15, 0.2) is 46.9 Å².